The molecule has 0 aliphatic carbocycles. The fourth-order valence-electron chi connectivity index (χ4n) is 3.44. The van der Waals surface area contributed by atoms with E-state index < -0.39 is 11.2 Å². The second kappa shape index (κ2) is 6.54. The first-order valence-corrected chi connectivity index (χ1v) is 9.74. The topological polar surface area (TPSA) is 46.8 Å². The number of rotatable bonds is 4. The Kier molecular flexibility index (Phi) is 4.48. The lowest BCUT2D eigenvalue weighted by atomic mass is 9.82. The summed E-state index contributed by atoms with van der Waals surface area (Å²) in [6.07, 6.45) is 0. The largest absolute Gasteiger partial charge is 0.427 e. The number of nitrogens with zero attached hydrogens (tertiary/aromatic N) is 2. The van der Waals surface area contributed by atoms with Crippen LogP contribution in [0.1, 0.15) is 39.1 Å². The van der Waals surface area contributed by atoms with E-state index in [-0.39, 0.29) is 5.82 Å². The standard InChI is InChI=1S/C23H25BFN2O2/c1-13-7-9-16-18(11-13)26-14(2)27-19-10-8-15(12-17(19)20(25)21(16)27)24-29-23(5,6)22(3,4)28/h7-12,28H,1-6H3. The van der Waals surface area contributed by atoms with Gasteiger partial charge in [-0.3, -0.25) is 4.40 Å². The van der Waals surface area contributed by atoms with Crippen molar-refractivity contribution < 1.29 is 14.2 Å². The van der Waals surface area contributed by atoms with Gasteiger partial charge in [-0.25, -0.2) is 9.37 Å². The van der Waals surface area contributed by atoms with Crippen molar-refractivity contribution in [1.82, 2.24) is 9.38 Å². The molecular weight excluding hydrogens is 366 g/mol. The molecule has 2 aromatic carbocycles. The van der Waals surface area contributed by atoms with Crippen LogP contribution in [0.3, 0.4) is 0 Å². The monoisotopic (exact) mass is 391 g/mol. The molecule has 2 aromatic heterocycles. The molecule has 0 aliphatic rings. The second-order valence-corrected chi connectivity index (χ2v) is 8.76. The van der Waals surface area contributed by atoms with Gasteiger partial charge in [0, 0.05) is 10.8 Å². The maximum absolute atomic E-state index is 15.5. The number of hydrogen-bond acceptors (Lipinski definition) is 3. The van der Waals surface area contributed by atoms with Crippen molar-refractivity contribution in [1.29, 1.82) is 0 Å². The number of benzene rings is 2. The third-order valence-corrected chi connectivity index (χ3v) is 5.91. The average molecular weight is 391 g/mol. The van der Waals surface area contributed by atoms with Crippen LogP contribution in [0.15, 0.2) is 36.4 Å². The highest BCUT2D eigenvalue weighted by Gasteiger charge is 2.35. The molecule has 0 aliphatic heterocycles. The van der Waals surface area contributed by atoms with Gasteiger partial charge >= 0.3 is 7.48 Å². The van der Waals surface area contributed by atoms with Crippen molar-refractivity contribution in [3.05, 3.63) is 53.6 Å². The van der Waals surface area contributed by atoms with Gasteiger partial charge in [0.15, 0.2) is 5.82 Å². The third kappa shape index (κ3) is 3.20. The summed E-state index contributed by atoms with van der Waals surface area (Å²) in [6.45, 7) is 10.9. The molecule has 4 aromatic rings. The Morgan fingerprint density at radius 1 is 1.03 bits per heavy atom. The second-order valence-electron chi connectivity index (χ2n) is 8.76. The summed E-state index contributed by atoms with van der Waals surface area (Å²) in [4.78, 5) is 4.68. The van der Waals surface area contributed by atoms with E-state index in [1.807, 2.05) is 62.4 Å². The number of hydrogen-bond donors (Lipinski definition) is 1. The summed E-state index contributed by atoms with van der Waals surface area (Å²) in [7, 11) is 1.58. The Morgan fingerprint density at radius 2 is 1.76 bits per heavy atom. The summed E-state index contributed by atoms with van der Waals surface area (Å²) in [5, 5.41) is 11.6. The van der Waals surface area contributed by atoms with Crippen molar-refractivity contribution in [3.8, 4) is 0 Å². The minimum absolute atomic E-state index is 0.267. The van der Waals surface area contributed by atoms with Crippen LogP contribution in [0, 0.1) is 19.7 Å². The Balaban J connectivity index is 1.86. The first kappa shape index (κ1) is 19.9. The fourth-order valence-corrected chi connectivity index (χ4v) is 3.44. The fraction of sp³-hybridized carbons (Fsp3) is 0.348. The molecule has 0 unspecified atom stereocenters. The van der Waals surface area contributed by atoms with Crippen molar-refractivity contribution in [2.24, 2.45) is 0 Å². The number of fused-ring (bicyclic) bond motifs is 5. The van der Waals surface area contributed by atoms with Crippen LogP contribution < -0.4 is 5.46 Å². The van der Waals surface area contributed by atoms with Gasteiger partial charge in [0.05, 0.1) is 27.8 Å². The Labute approximate surface area is 170 Å². The summed E-state index contributed by atoms with van der Waals surface area (Å²) < 4.78 is 23.2. The van der Waals surface area contributed by atoms with Crippen molar-refractivity contribution >= 4 is 40.3 Å². The lowest BCUT2D eigenvalue weighted by molar-refractivity contribution is -0.0893. The quantitative estimate of drug-likeness (QED) is 0.531. The zero-order valence-electron chi connectivity index (χ0n) is 17.7. The minimum Gasteiger partial charge on any atom is -0.427 e. The molecule has 149 valence electrons. The molecule has 4 rings (SSSR count). The molecule has 2 heterocycles. The molecular formula is C23H25BFN2O2. The van der Waals surface area contributed by atoms with Crippen LogP contribution >= 0.6 is 0 Å². The molecule has 6 heteroatoms. The van der Waals surface area contributed by atoms with E-state index in [1.165, 1.54) is 0 Å². The van der Waals surface area contributed by atoms with E-state index in [2.05, 4.69) is 4.98 Å². The van der Waals surface area contributed by atoms with Gasteiger partial charge in [0.2, 0.25) is 0 Å². The van der Waals surface area contributed by atoms with Crippen LogP contribution in [0.4, 0.5) is 4.39 Å². The van der Waals surface area contributed by atoms with Crippen molar-refractivity contribution in [2.75, 3.05) is 0 Å². The molecule has 1 radical (unpaired) electrons. The number of aromatic nitrogens is 2. The Morgan fingerprint density at radius 3 is 2.45 bits per heavy atom. The normalized spacial score (nSPS) is 13.0. The van der Waals surface area contributed by atoms with E-state index in [0.717, 1.165) is 33.3 Å². The molecule has 0 saturated carbocycles. The molecule has 0 atom stereocenters. The van der Waals surface area contributed by atoms with Gasteiger partial charge in [-0.05, 0) is 59.2 Å². The molecule has 0 saturated heterocycles. The smallest absolute Gasteiger partial charge is 0.330 e. The van der Waals surface area contributed by atoms with Crippen molar-refractivity contribution in [2.45, 2.75) is 52.7 Å². The third-order valence-electron chi connectivity index (χ3n) is 5.91. The van der Waals surface area contributed by atoms with Gasteiger partial charge in [-0.1, -0.05) is 29.7 Å². The van der Waals surface area contributed by atoms with Gasteiger partial charge in [-0.15, -0.1) is 0 Å². The lowest BCUT2D eigenvalue weighted by Crippen LogP contribution is -2.49. The van der Waals surface area contributed by atoms with E-state index >= 15 is 4.39 Å². The highest BCUT2D eigenvalue weighted by atomic mass is 19.1. The highest BCUT2D eigenvalue weighted by Crippen LogP contribution is 2.31. The molecule has 0 bridgehead atoms. The summed E-state index contributed by atoms with van der Waals surface area (Å²) in [6, 6.07) is 11.4. The molecule has 0 spiro atoms. The Hall–Kier alpha value is -2.44. The van der Waals surface area contributed by atoms with E-state index in [4.69, 9.17) is 4.65 Å². The van der Waals surface area contributed by atoms with Crippen LogP contribution in [0.2, 0.25) is 0 Å². The zero-order chi connectivity index (χ0) is 21.1. The maximum Gasteiger partial charge on any atom is 0.330 e. The van der Waals surface area contributed by atoms with Crippen molar-refractivity contribution in [3.63, 3.8) is 0 Å². The zero-order valence-corrected chi connectivity index (χ0v) is 17.7. The molecule has 4 nitrogen and oxygen atoms in total. The number of halogens is 1. The van der Waals surface area contributed by atoms with Crippen LogP contribution in [0.5, 0.6) is 0 Å². The highest BCUT2D eigenvalue weighted by molar-refractivity contribution is 6.47. The first-order chi connectivity index (χ1) is 13.5. The predicted octanol–water partition coefficient (Wildman–Crippen LogP) is 4.21. The van der Waals surface area contributed by atoms with Crippen LogP contribution in [0.25, 0.3) is 27.3 Å². The molecule has 0 amide bonds. The summed E-state index contributed by atoms with van der Waals surface area (Å²) in [5.41, 5.74) is 2.11. The van der Waals surface area contributed by atoms with E-state index in [0.29, 0.717) is 10.9 Å². The number of aliphatic hydroxyl groups is 1. The van der Waals surface area contributed by atoms with E-state index in [9.17, 15) is 5.11 Å². The SMILES string of the molecule is Cc1ccc2c(c1)nc(C)n1c3ccc([B]OC(C)(C)C(C)(C)O)cc3c(F)c21. The van der Waals surface area contributed by atoms with E-state index in [1.54, 1.807) is 27.4 Å². The van der Waals surface area contributed by atoms with Gasteiger partial charge in [-0.2, -0.15) is 0 Å². The van der Waals surface area contributed by atoms with Gasteiger partial charge in [0.25, 0.3) is 0 Å². The lowest BCUT2D eigenvalue weighted by Gasteiger charge is -2.37. The molecule has 1 N–H and O–H groups in total. The number of aryl methyl sites for hydroxylation is 2. The Bertz CT molecular complexity index is 1260. The predicted molar refractivity (Wildman–Crippen MR) is 116 cm³/mol. The van der Waals surface area contributed by atoms with Crippen LogP contribution in [-0.4, -0.2) is 33.2 Å². The average Bonchev–Trinajstić information content (AvgIpc) is 2.92. The summed E-state index contributed by atoms with van der Waals surface area (Å²) >= 11 is 0. The van der Waals surface area contributed by atoms with Gasteiger partial charge in [0.1, 0.15) is 5.82 Å². The maximum atomic E-state index is 15.5. The molecule has 29 heavy (non-hydrogen) atoms. The summed E-state index contributed by atoms with van der Waals surface area (Å²) in [5.74, 6) is 0.472. The molecule has 0 fully saturated rings. The van der Waals surface area contributed by atoms with Gasteiger partial charge < -0.3 is 9.76 Å². The van der Waals surface area contributed by atoms with Crippen LogP contribution in [-0.2, 0) is 4.65 Å². The minimum atomic E-state index is -1.02. The first-order valence-electron chi connectivity index (χ1n) is 9.74.